The first kappa shape index (κ1) is 14.3. The fraction of sp³-hybridized carbons (Fsp3) is 0.600. The zero-order valence-corrected chi connectivity index (χ0v) is 11.7. The minimum atomic E-state index is -0.166. The summed E-state index contributed by atoms with van der Waals surface area (Å²) in [5.74, 6) is 0.112. The zero-order valence-electron chi connectivity index (χ0n) is 11.7. The van der Waals surface area contributed by atoms with Gasteiger partial charge in [0.15, 0.2) is 0 Å². The van der Waals surface area contributed by atoms with E-state index in [1.54, 1.807) is 6.07 Å². The Bertz CT molecular complexity index is 425. The molecule has 1 aliphatic rings. The third-order valence-corrected chi connectivity index (χ3v) is 3.87. The number of hydrogen-bond acceptors (Lipinski definition) is 3. The molecule has 1 fully saturated rings. The van der Waals surface area contributed by atoms with Gasteiger partial charge in [0.1, 0.15) is 5.82 Å². The van der Waals surface area contributed by atoms with Gasteiger partial charge in [0.05, 0.1) is 5.69 Å². The van der Waals surface area contributed by atoms with Crippen molar-refractivity contribution < 1.29 is 9.50 Å². The number of aliphatic hydroxyl groups is 1. The van der Waals surface area contributed by atoms with Crippen LogP contribution < -0.4 is 10.2 Å². The predicted octanol–water partition coefficient (Wildman–Crippen LogP) is 2.31. The van der Waals surface area contributed by atoms with Crippen molar-refractivity contribution in [3.63, 3.8) is 0 Å². The Morgan fingerprint density at radius 1 is 1.53 bits per heavy atom. The summed E-state index contributed by atoms with van der Waals surface area (Å²) < 4.78 is 14.2. The lowest BCUT2D eigenvalue weighted by Crippen LogP contribution is -2.22. The molecule has 2 N–H and O–H groups in total. The number of nitrogens with one attached hydrogen (secondary N) is 1. The van der Waals surface area contributed by atoms with Crippen LogP contribution in [0.4, 0.5) is 10.1 Å². The van der Waals surface area contributed by atoms with E-state index in [2.05, 4.69) is 5.32 Å². The van der Waals surface area contributed by atoms with Crippen LogP contribution in [0, 0.1) is 11.7 Å². The first-order chi connectivity index (χ1) is 9.15. The van der Waals surface area contributed by atoms with E-state index in [0.717, 1.165) is 31.6 Å². The lowest BCUT2D eigenvalue weighted by molar-refractivity contribution is 0.238. The van der Waals surface area contributed by atoms with Crippen molar-refractivity contribution in [3.8, 4) is 0 Å². The molecule has 2 rings (SSSR count). The monoisotopic (exact) mass is 266 g/mol. The van der Waals surface area contributed by atoms with Crippen LogP contribution in [0.1, 0.15) is 31.9 Å². The second kappa shape index (κ2) is 6.35. The Kier molecular flexibility index (Phi) is 4.77. The first-order valence-electron chi connectivity index (χ1n) is 7.04. The average molecular weight is 266 g/mol. The molecule has 3 nitrogen and oxygen atoms in total. The highest BCUT2D eigenvalue weighted by Gasteiger charge is 2.24. The van der Waals surface area contributed by atoms with E-state index in [1.165, 1.54) is 0 Å². The third kappa shape index (κ3) is 3.25. The predicted molar refractivity (Wildman–Crippen MR) is 75.9 cm³/mol. The molecule has 0 aromatic heterocycles. The van der Waals surface area contributed by atoms with Gasteiger partial charge in [-0.1, -0.05) is 13.0 Å². The molecule has 0 amide bonds. The second-order valence-corrected chi connectivity index (χ2v) is 5.27. The molecule has 0 saturated carbocycles. The highest BCUT2D eigenvalue weighted by Crippen LogP contribution is 2.28. The van der Waals surface area contributed by atoms with Crippen LogP contribution in [0.2, 0.25) is 0 Å². The van der Waals surface area contributed by atoms with Gasteiger partial charge in [0.2, 0.25) is 0 Å². The fourth-order valence-corrected chi connectivity index (χ4v) is 2.67. The zero-order chi connectivity index (χ0) is 13.8. The van der Waals surface area contributed by atoms with E-state index in [1.807, 2.05) is 30.9 Å². The van der Waals surface area contributed by atoms with Crippen LogP contribution in [-0.4, -0.2) is 31.3 Å². The Morgan fingerprint density at radius 2 is 2.32 bits per heavy atom. The summed E-state index contributed by atoms with van der Waals surface area (Å²) in [6.07, 6.45) is 0.936. The van der Waals surface area contributed by atoms with Crippen LogP contribution in [0.25, 0.3) is 0 Å². The topological polar surface area (TPSA) is 35.5 Å². The summed E-state index contributed by atoms with van der Waals surface area (Å²) in [5.41, 5.74) is 1.63. The van der Waals surface area contributed by atoms with E-state index >= 15 is 0 Å². The fourth-order valence-electron chi connectivity index (χ4n) is 2.67. The molecule has 1 saturated heterocycles. The molecule has 1 aromatic rings. The van der Waals surface area contributed by atoms with Crippen molar-refractivity contribution in [1.29, 1.82) is 0 Å². The van der Waals surface area contributed by atoms with Crippen molar-refractivity contribution >= 4 is 5.69 Å². The number of hydrogen-bond donors (Lipinski definition) is 2. The minimum Gasteiger partial charge on any atom is -0.396 e. The maximum absolute atomic E-state index is 14.2. The Labute approximate surface area is 114 Å². The first-order valence-corrected chi connectivity index (χ1v) is 7.04. The third-order valence-electron chi connectivity index (χ3n) is 3.87. The van der Waals surface area contributed by atoms with Crippen molar-refractivity contribution in [2.24, 2.45) is 5.92 Å². The van der Waals surface area contributed by atoms with Gasteiger partial charge < -0.3 is 15.3 Å². The maximum Gasteiger partial charge on any atom is 0.146 e. The van der Waals surface area contributed by atoms with E-state index in [4.69, 9.17) is 5.11 Å². The van der Waals surface area contributed by atoms with Gasteiger partial charge >= 0.3 is 0 Å². The van der Waals surface area contributed by atoms with E-state index in [-0.39, 0.29) is 24.4 Å². The largest absolute Gasteiger partial charge is 0.396 e. The standard InChI is InChI=1S/C15H23FN2O/c1-3-17-11(2)13-4-5-15(14(16)8-13)18-7-6-12(9-18)10-19/h4-5,8,11-12,17,19H,3,6-7,9-10H2,1-2H3. The summed E-state index contributed by atoms with van der Waals surface area (Å²) >= 11 is 0. The van der Waals surface area contributed by atoms with E-state index < -0.39 is 0 Å². The van der Waals surface area contributed by atoms with Gasteiger partial charge in [-0.2, -0.15) is 0 Å². The minimum absolute atomic E-state index is 0.164. The van der Waals surface area contributed by atoms with Gasteiger partial charge in [0.25, 0.3) is 0 Å². The molecule has 2 unspecified atom stereocenters. The summed E-state index contributed by atoms with van der Waals surface area (Å²) in [6.45, 7) is 6.71. The number of aliphatic hydroxyl groups excluding tert-OH is 1. The van der Waals surface area contributed by atoms with Crippen molar-refractivity contribution in [2.45, 2.75) is 26.3 Å². The summed E-state index contributed by atoms with van der Waals surface area (Å²) in [6, 6.07) is 5.63. The van der Waals surface area contributed by atoms with Crippen LogP contribution in [0.3, 0.4) is 0 Å². The molecule has 1 aromatic carbocycles. The lowest BCUT2D eigenvalue weighted by Gasteiger charge is -2.21. The Hall–Kier alpha value is -1.13. The van der Waals surface area contributed by atoms with Crippen LogP contribution in [-0.2, 0) is 0 Å². The molecule has 0 spiro atoms. The Balaban J connectivity index is 2.11. The van der Waals surface area contributed by atoms with Crippen molar-refractivity contribution in [2.75, 3.05) is 31.1 Å². The van der Waals surface area contributed by atoms with Gasteiger partial charge in [-0.15, -0.1) is 0 Å². The molecule has 0 bridgehead atoms. The van der Waals surface area contributed by atoms with Gasteiger partial charge in [-0.25, -0.2) is 4.39 Å². The lowest BCUT2D eigenvalue weighted by atomic mass is 10.1. The van der Waals surface area contributed by atoms with E-state index in [0.29, 0.717) is 5.69 Å². The Morgan fingerprint density at radius 3 is 2.89 bits per heavy atom. The van der Waals surface area contributed by atoms with E-state index in [9.17, 15) is 4.39 Å². The molecule has 0 radical (unpaired) electrons. The number of benzene rings is 1. The number of halogens is 1. The van der Waals surface area contributed by atoms with Crippen molar-refractivity contribution in [1.82, 2.24) is 5.32 Å². The normalized spacial score (nSPS) is 20.8. The molecule has 106 valence electrons. The number of anilines is 1. The molecule has 0 aliphatic carbocycles. The molecule has 4 heteroatoms. The van der Waals surface area contributed by atoms with Crippen LogP contribution in [0.5, 0.6) is 0 Å². The summed E-state index contributed by atoms with van der Waals surface area (Å²) in [5, 5.41) is 12.4. The average Bonchev–Trinajstić information content (AvgIpc) is 2.87. The quantitative estimate of drug-likeness (QED) is 0.858. The SMILES string of the molecule is CCNC(C)c1ccc(N2CCC(CO)C2)c(F)c1. The van der Waals surface area contributed by atoms with Crippen LogP contribution >= 0.6 is 0 Å². The van der Waals surface area contributed by atoms with Gasteiger partial charge in [0, 0.05) is 31.7 Å². The molecular weight excluding hydrogens is 243 g/mol. The van der Waals surface area contributed by atoms with Crippen molar-refractivity contribution in [3.05, 3.63) is 29.6 Å². The second-order valence-electron chi connectivity index (χ2n) is 5.27. The number of rotatable bonds is 5. The van der Waals surface area contributed by atoms with Crippen LogP contribution in [0.15, 0.2) is 18.2 Å². The molecule has 19 heavy (non-hydrogen) atoms. The highest BCUT2D eigenvalue weighted by molar-refractivity contribution is 5.50. The molecular formula is C15H23FN2O. The molecule has 2 atom stereocenters. The molecule has 1 aliphatic heterocycles. The highest BCUT2D eigenvalue weighted by atomic mass is 19.1. The summed E-state index contributed by atoms with van der Waals surface area (Å²) in [4.78, 5) is 2.03. The maximum atomic E-state index is 14.2. The van der Waals surface area contributed by atoms with Gasteiger partial charge in [-0.05, 0) is 37.6 Å². The molecule has 1 heterocycles. The smallest absolute Gasteiger partial charge is 0.146 e. The van der Waals surface area contributed by atoms with Gasteiger partial charge in [-0.3, -0.25) is 0 Å². The number of nitrogens with zero attached hydrogens (tertiary/aromatic N) is 1. The summed E-state index contributed by atoms with van der Waals surface area (Å²) in [7, 11) is 0.